The third-order valence-electron chi connectivity index (χ3n) is 3.17. The topological polar surface area (TPSA) is 72.4 Å². The summed E-state index contributed by atoms with van der Waals surface area (Å²) < 4.78 is 17.6. The van der Waals surface area contributed by atoms with Crippen LogP contribution in [0.2, 0.25) is 5.15 Å². The van der Waals surface area contributed by atoms with E-state index in [1.165, 1.54) is 12.4 Å². The Labute approximate surface area is 137 Å². The van der Waals surface area contributed by atoms with Gasteiger partial charge in [0.25, 0.3) is 0 Å². The van der Waals surface area contributed by atoms with Crippen molar-refractivity contribution in [2.45, 2.75) is 37.8 Å². The Kier molecular flexibility index (Phi) is 5.39. The summed E-state index contributed by atoms with van der Waals surface area (Å²) in [6, 6.07) is 1.51. The Bertz CT molecular complexity index is 577. The lowest BCUT2D eigenvalue weighted by molar-refractivity contribution is 0.0289. The highest BCUT2D eigenvalue weighted by Crippen LogP contribution is 2.22. The van der Waals surface area contributed by atoms with Gasteiger partial charge in [0.15, 0.2) is 0 Å². The SMILES string of the molecule is CC(C)(C)OC(=O)N1CCC(CS(=O)c2cc(Cl)ncn2)C1. The van der Waals surface area contributed by atoms with Gasteiger partial charge in [-0.1, -0.05) is 11.6 Å². The van der Waals surface area contributed by atoms with E-state index in [0.29, 0.717) is 23.9 Å². The molecule has 1 aliphatic rings. The van der Waals surface area contributed by atoms with Crippen molar-refractivity contribution in [3.63, 3.8) is 0 Å². The predicted octanol–water partition coefficient (Wildman–Crippen LogP) is 2.49. The zero-order chi connectivity index (χ0) is 16.3. The quantitative estimate of drug-likeness (QED) is 0.787. The van der Waals surface area contributed by atoms with E-state index in [2.05, 4.69) is 9.97 Å². The van der Waals surface area contributed by atoms with Crippen LogP contribution in [0.15, 0.2) is 17.4 Å². The molecule has 6 nitrogen and oxygen atoms in total. The lowest BCUT2D eigenvalue weighted by atomic mass is 10.2. The molecule has 122 valence electrons. The molecule has 2 rings (SSSR count). The van der Waals surface area contributed by atoms with E-state index < -0.39 is 16.4 Å². The molecule has 1 aromatic heterocycles. The first kappa shape index (κ1) is 17.1. The van der Waals surface area contributed by atoms with Crippen molar-refractivity contribution in [2.75, 3.05) is 18.8 Å². The highest BCUT2D eigenvalue weighted by molar-refractivity contribution is 7.85. The molecular formula is C14H20ClN3O3S. The molecule has 0 aromatic carbocycles. The summed E-state index contributed by atoms with van der Waals surface area (Å²) in [7, 11) is -1.25. The number of carbonyl (C=O) groups is 1. The zero-order valence-electron chi connectivity index (χ0n) is 12.9. The second-order valence-electron chi connectivity index (χ2n) is 6.27. The molecule has 1 aromatic rings. The first-order chi connectivity index (χ1) is 10.2. The minimum Gasteiger partial charge on any atom is -0.444 e. The minimum absolute atomic E-state index is 0.169. The number of ether oxygens (including phenoxy) is 1. The summed E-state index contributed by atoms with van der Waals surface area (Å²) in [4.78, 5) is 21.4. The van der Waals surface area contributed by atoms with Crippen LogP contribution in [-0.2, 0) is 15.5 Å². The Balaban J connectivity index is 1.88. The van der Waals surface area contributed by atoms with Crippen LogP contribution in [-0.4, -0.2) is 49.6 Å². The molecule has 1 aliphatic heterocycles. The van der Waals surface area contributed by atoms with Gasteiger partial charge in [-0.15, -0.1) is 0 Å². The number of aromatic nitrogens is 2. The highest BCUT2D eigenvalue weighted by atomic mass is 35.5. The highest BCUT2D eigenvalue weighted by Gasteiger charge is 2.30. The molecule has 1 saturated heterocycles. The summed E-state index contributed by atoms with van der Waals surface area (Å²) in [5.74, 6) is 0.620. The van der Waals surface area contributed by atoms with E-state index in [-0.39, 0.29) is 17.2 Å². The van der Waals surface area contributed by atoms with E-state index in [1.807, 2.05) is 20.8 Å². The van der Waals surface area contributed by atoms with Gasteiger partial charge in [-0.2, -0.15) is 0 Å². The Morgan fingerprint density at radius 2 is 2.23 bits per heavy atom. The zero-order valence-corrected chi connectivity index (χ0v) is 14.5. The molecule has 0 N–H and O–H groups in total. The van der Waals surface area contributed by atoms with E-state index in [0.717, 1.165) is 6.42 Å². The summed E-state index contributed by atoms with van der Waals surface area (Å²) in [6.07, 6.45) is 1.80. The van der Waals surface area contributed by atoms with Gasteiger partial charge in [0.2, 0.25) is 0 Å². The van der Waals surface area contributed by atoms with Gasteiger partial charge in [-0.05, 0) is 33.1 Å². The van der Waals surface area contributed by atoms with Crippen LogP contribution < -0.4 is 0 Å². The predicted molar refractivity (Wildman–Crippen MR) is 84.2 cm³/mol. The summed E-state index contributed by atoms with van der Waals surface area (Å²) in [5, 5.41) is 0.705. The summed E-state index contributed by atoms with van der Waals surface area (Å²) in [6.45, 7) is 6.70. The standard InChI is InChI=1S/C14H20ClN3O3S/c1-14(2,3)21-13(19)18-5-4-10(7-18)8-22(20)12-6-11(15)16-9-17-12/h6,9-10H,4-5,7-8H2,1-3H3. The van der Waals surface area contributed by atoms with Crippen molar-refractivity contribution in [2.24, 2.45) is 5.92 Å². The first-order valence-corrected chi connectivity index (χ1v) is 8.78. The number of nitrogens with zero attached hydrogens (tertiary/aromatic N) is 3. The number of carbonyl (C=O) groups excluding carboxylic acids is 1. The van der Waals surface area contributed by atoms with E-state index in [4.69, 9.17) is 16.3 Å². The normalized spacial score (nSPS) is 20.0. The third kappa shape index (κ3) is 4.91. The summed E-state index contributed by atoms with van der Waals surface area (Å²) in [5.41, 5.74) is -0.504. The van der Waals surface area contributed by atoms with Crippen molar-refractivity contribution >= 4 is 28.5 Å². The molecule has 0 saturated carbocycles. The van der Waals surface area contributed by atoms with Crippen LogP contribution in [0.3, 0.4) is 0 Å². The van der Waals surface area contributed by atoms with Gasteiger partial charge in [0, 0.05) is 24.9 Å². The number of halogens is 1. The van der Waals surface area contributed by atoms with Crippen LogP contribution in [0.4, 0.5) is 4.79 Å². The van der Waals surface area contributed by atoms with E-state index in [1.54, 1.807) is 4.90 Å². The van der Waals surface area contributed by atoms with Gasteiger partial charge in [-0.25, -0.2) is 14.8 Å². The van der Waals surface area contributed by atoms with Crippen LogP contribution in [0, 0.1) is 5.92 Å². The second-order valence-corrected chi connectivity index (χ2v) is 8.10. The molecular weight excluding hydrogens is 326 g/mol. The number of hydrogen-bond acceptors (Lipinski definition) is 5. The fourth-order valence-corrected chi connectivity index (χ4v) is 3.69. The van der Waals surface area contributed by atoms with Gasteiger partial charge in [0.1, 0.15) is 22.1 Å². The Hall–Kier alpha value is -1.21. The van der Waals surface area contributed by atoms with Crippen LogP contribution in [0.1, 0.15) is 27.2 Å². The largest absolute Gasteiger partial charge is 0.444 e. The minimum atomic E-state index is -1.25. The molecule has 0 aliphatic carbocycles. The van der Waals surface area contributed by atoms with Crippen molar-refractivity contribution in [3.05, 3.63) is 17.5 Å². The van der Waals surface area contributed by atoms with Crippen molar-refractivity contribution in [1.82, 2.24) is 14.9 Å². The van der Waals surface area contributed by atoms with Crippen molar-refractivity contribution < 1.29 is 13.7 Å². The number of amides is 1. The Morgan fingerprint density at radius 3 is 2.86 bits per heavy atom. The molecule has 2 atom stereocenters. The molecule has 1 amide bonds. The van der Waals surface area contributed by atoms with Crippen LogP contribution >= 0.6 is 11.6 Å². The molecule has 22 heavy (non-hydrogen) atoms. The maximum Gasteiger partial charge on any atom is 0.410 e. The van der Waals surface area contributed by atoms with Gasteiger partial charge >= 0.3 is 6.09 Å². The third-order valence-corrected chi connectivity index (χ3v) is 4.84. The maximum absolute atomic E-state index is 12.3. The maximum atomic E-state index is 12.3. The molecule has 0 radical (unpaired) electrons. The van der Waals surface area contributed by atoms with Gasteiger partial charge < -0.3 is 9.64 Å². The van der Waals surface area contributed by atoms with E-state index >= 15 is 0 Å². The fraction of sp³-hybridized carbons (Fsp3) is 0.643. The number of hydrogen-bond donors (Lipinski definition) is 0. The van der Waals surface area contributed by atoms with Crippen molar-refractivity contribution in [3.8, 4) is 0 Å². The van der Waals surface area contributed by atoms with Crippen molar-refractivity contribution in [1.29, 1.82) is 0 Å². The second kappa shape index (κ2) is 6.91. The Morgan fingerprint density at radius 1 is 1.50 bits per heavy atom. The van der Waals surface area contributed by atoms with Gasteiger partial charge in [-0.3, -0.25) is 4.21 Å². The number of rotatable bonds is 3. The smallest absolute Gasteiger partial charge is 0.410 e. The lowest BCUT2D eigenvalue weighted by Gasteiger charge is -2.24. The summed E-state index contributed by atoms with van der Waals surface area (Å²) >= 11 is 5.78. The van der Waals surface area contributed by atoms with Crippen LogP contribution in [0.5, 0.6) is 0 Å². The molecule has 2 unspecified atom stereocenters. The molecule has 0 bridgehead atoms. The average Bonchev–Trinajstić information content (AvgIpc) is 2.85. The monoisotopic (exact) mass is 345 g/mol. The van der Waals surface area contributed by atoms with E-state index in [9.17, 15) is 9.00 Å². The lowest BCUT2D eigenvalue weighted by Crippen LogP contribution is -2.35. The molecule has 8 heteroatoms. The average molecular weight is 346 g/mol. The molecule has 1 fully saturated rings. The van der Waals surface area contributed by atoms with Crippen LogP contribution in [0.25, 0.3) is 0 Å². The number of likely N-dealkylation sites (tertiary alicyclic amines) is 1. The first-order valence-electron chi connectivity index (χ1n) is 7.08. The molecule has 2 heterocycles. The fourth-order valence-electron chi connectivity index (χ4n) is 2.20. The van der Waals surface area contributed by atoms with Gasteiger partial charge in [0.05, 0.1) is 10.8 Å². The molecule has 0 spiro atoms.